The van der Waals surface area contributed by atoms with Gasteiger partial charge in [0.15, 0.2) is 0 Å². The minimum atomic E-state index is -4.97. The third kappa shape index (κ3) is 3.79. The zero-order chi connectivity index (χ0) is 17.4. The molecule has 3 nitrogen and oxygen atoms in total. The molecule has 0 saturated carbocycles. The lowest BCUT2D eigenvalue weighted by Crippen LogP contribution is -2.16. The molecule has 0 saturated heterocycles. The molecule has 0 fully saturated rings. The molecule has 2 aromatic carbocycles. The molecule has 2 rings (SSSR count). The van der Waals surface area contributed by atoms with Crippen LogP contribution < -0.4 is 4.72 Å². The van der Waals surface area contributed by atoms with Crippen LogP contribution in [-0.2, 0) is 16.2 Å². The second-order valence-corrected chi connectivity index (χ2v) is 6.36. The van der Waals surface area contributed by atoms with Crippen molar-refractivity contribution < 1.29 is 30.4 Å². The van der Waals surface area contributed by atoms with Gasteiger partial charge < -0.3 is 0 Å². The summed E-state index contributed by atoms with van der Waals surface area (Å²) < 4.78 is 90.5. The van der Waals surface area contributed by atoms with E-state index >= 15 is 0 Å². The zero-order valence-electron chi connectivity index (χ0n) is 11.6. The van der Waals surface area contributed by atoms with E-state index in [1.165, 1.54) is 13.0 Å². The molecule has 9 heteroatoms. The van der Waals surface area contributed by atoms with Crippen LogP contribution in [0.3, 0.4) is 0 Å². The summed E-state index contributed by atoms with van der Waals surface area (Å²) in [5.74, 6) is -2.34. The highest BCUT2D eigenvalue weighted by Crippen LogP contribution is 2.33. The Morgan fingerprint density at radius 1 is 1.00 bits per heavy atom. The molecule has 0 aliphatic rings. The second-order valence-electron chi connectivity index (χ2n) is 4.71. The van der Waals surface area contributed by atoms with Gasteiger partial charge in [0, 0.05) is 5.69 Å². The molecule has 0 aliphatic heterocycles. The Hall–Kier alpha value is -2.16. The van der Waals surface area contributed by atoms with E-state index in [0.29, 0.717) is 12.1 Å². The predicted molar refractivity (Wildman–Crippen MR) is 73.3 cm³/mol. The fourth-order valence-electron chi connectivity index (χ4n) is 1.88. The lowest BCUT2D eigenvalue weighted by Gasteiger charge is -2.13. The van der Waals surface area contributed by atoms with Crippen LogP contribution >= 0.6 is 0 Å². The van der Waals surface area contributed by atoms with Gasteiger partial charge in [0.2, 0.25) is 0 Å². The van der Waals surface area contributed by atoms with Gasteiger partial charge in [-0.3, -0.25) is 4.72 Å². The van der Waals surface area contributed by atoms with Gasteiger partial charge in [-0.2, -0.15) is 13.2 Å². The first kappa shape index (κ1) is 17.2. The van der Waals surface area contributed by atoms with Crippen LogP contribution in [0.25, 0.3) is 0 Å². The summed E-state index contributed by atoms with van der Waals surface area (Å²) >= 11 is 0. The quantitative estimate of drug-likeness (QED) is 0.847. The number of rotatable bonds is 3. The third-order valence-electron chi connectivity index (χ3n) is 2.96. The van der Waals surface area contributed by atoms with Crippen molar-refractivity contribution in [1.82, 2.24) is 0 Å². The average molecular weight is 351 g/mol. The van der Waals surface area contributed by atoms with Crippen LogP contribution in [0, 0.1) is 18.6 Å². The van der Waals surface area contributed by atoms with E-state index in [0.717, 1.165) is 18.2 Å². The summed E-state index contributed by atoms with van der Waals surface area (Å²) in [4.78, 5) is -0.421. The van der Waals surface area contributed by atoms with Crippen molar-refractivity contribution in [3.05, 3.63) is 59.2 Å². The SMILES string of the molecule is Cc1ccc(F)cc1S(=O)(=O)Nc1ccc(F)c(C(F)(F)F)c1. The minimum absolute atomic E-state index is 0.206. The molecule has 0 aromatic heterocycles. The van der Waals surface area contributed by atoms with E-state index < -0.39 is 44.0 Å². The first-order chi connectivity index (χ1) is 10.5. The van der Waals surface area contributed by atoms with E-state index in [4.69, 9.17) is 0 Å². The molecule has 0 atom stereocenters. The number of hydrogen-bond acceptors (Lipinski definition) is 2. The van der Waals surface area contributed by atoms with Crippen molar-refractivity contribution in [2.24, 2.45) is 0 Å². The Balaban J connectivity index is 2.44. The Morgan fingerprint density at radius 2 is 1.65 bits per heavy atom. The van der Waals surface area contributed by atoms with Crippen molar-refractivity contribution in [3.63, 3.8) is 0 Å². The van der Waals surface area contributed by atoms with Gasteiger partial charge in [0.1, 0.15) is 11.6 Å². The van der Waals surface area contributed by atoms with E-state index in [-0.39, 0.29) is 5.56 Å². The summed E-state index contributed by atoms with van der Waals surface area (Å²) in [7, 11) is -4.32. The number of sulfonamides is 1. The van der Waals surface area contributed by atoms with Crippen molar-refractivity contribution in [3.8, 4) is 0 Å². The van der Waals surface area contributed by atoms with Crippen LogP contribution in [0.4, 0.5) is 27.6 Å². The minimum Gasteiger partial charge on any atom is -0.280 e. The first-order valence-corrected chi connectivity index (χ1v) is 7.65. The number of halogens is 5. The molecule has 0 bridgehead atoms. The molecule has 0 aliphatic carbocycles. The molecule has 0 spiro atoms. The number of nitrogens with one attached hydrogen (secondary N) is 1. The van der Waals surface area contributed by atoms with Gasteiger partial charge >= 0.3 is 6.18 Å². The van der Waals surface area contributed by atoms with Crippen molar-refractivity contribution in [2.75, 3.05) is 4.72 Å². The van der Waals surface area contributed by atoms with Crippen LogP contribution in [0.1, 0.15) is 11.1 Å². The summed E-state index contributed by atoms with van der Waals surface area (Å²) in [6.07, 6.45) is -4.97. The maximum Gasteiger partial charge on any atom is 0.419 e. The second kappa shape index (κ2) is 5.80. The Bertz CT molecular complexity index is 847. The first-order valence-electron chi connectivity index (χ1n) is 6.16. The summed E-state index contributed by atoms with van der Waals surface area (Å²) in [5.41, 5.74) is -1.88. The lowest BCUT2D eigenvalue weighted by molar-refractivity contribution is -0.139. The van der Waals surface area contributed by atoms with Gasteiger partial charge in [-0.15, -0.1) is 0 Å². The molecular weight excluding hydrogens is 341 g/mol. The number of alkyl halides is 3. The summed E-state index contributed by atoms with van der Waals surface area (Å²) in [5, 5.41) is 0. The Labute approximate surface area is 128 Å². The largest absolute Gasteiger partial charge is 0.419 e. The van der Waals surface area contributed by atoms with E-state index in [9.17, 15) is 30.4 Å². The number of hydrogen-bond donors (Lipinski definition) is 1. The fourth-order valence-corrected chi connectivity index (χ4v) is 3.19. The van der Waals surface area contributed by atoms with Crippen molar-refractivity contribution in [2.45, 2.75) is 18.0 Å². The molecular formula is C14H10F5NO2S. The zero-order valence-corrected chi connectivity index (χ0v) is 12.4. The van der Waals surface area contributed by atoms with Crippen LogP contribution in [-0.4, -0.2) is 8.42 Å². The highest BCUT2D eigenvalue weighted by atomic mass is 32.2. The van der Waals surface area contributed by atoms with E-state index in [2.05, 4.69) is 0 Å². The standard InChI is InChI=1S/C14H10F5NO2S/c1-8-2-3-9(15)6-13(8)23(21,22)20-10-4-5-12(16)11(7-10)14(17,18)19/h2-7,20H,1H3. The van der Waals surface area contributed by atoms with Crippen molar-refractivity contribution in [1.29, 1.82) is 0 Å². The highest BCUT2D eigenvalue weighted by Gasteiger charge is 2.34. The van der Waals surface area contributed by atoms with Gasteiger partial charge in [0.05, 0.1) is 10.5 Å². The number of benzene rings is 2. The fraction of sp³-hybridized carbons (Fsp3) is 0.143. The lowest BCUT2D eigenvalue weighted by atomic mass is 10.2. The van der Waals surface area contributed by atoms with Crippen LogP contribution in [0.5, 0.6) is 0 Å². The van der Waals surface area contributed by atoms with Crippen LogP contribution in [0.15, 0.2) is 41.3 Å². The summed E-state index contributed by atoms with van der Waals surface area (Å²) in [6, 6.07) is 4.69. The van der Waals surface area contributed by atoms with Gasteiger partial charge in [-0.25, -0.2) is 17.2 Å². The van der Waals surface area contributed by atoms with E-state index in [1.54, 1.807) is 0 Å². The van der Waals surface area contributed by atoms with Crippen molar-refractivity contribution >= 4 is 15.7 Å². The molecule has 124 valence electrons. The average Bonchev–Trinajstić information content (AvgIpc) is 2.42. The molecule has 2 aromatic rings. The molecule has 23 heavy (non-hydrogen) atoms. The molecule has 0 radical (unpaired) electrons. The molecule has 0 heterocycles. The van der Waals surface area contributed by atoms with Crippen LogP contribution in [0.2, 0.25) is 0 Å². The normalized spacial score (nSPS) is 12.3. The highest BCUT2D eigenvalue weighted by molar-refractivity contribution is 7.92. The maximum absolute atomic E-state index is 13.2. The molecule has 1 N–H and O–H groups in total. The third-order valence-corrected chi connectivity index (χ3v) is 4.49. The number of anilines is 1. The van der Waals surface area contributed by atoms with E-state index in [1.807, 2.05) is 4.72 Å². The topological polar surface area (TPSA) is 46.2 Å². The van der Waals surface area contributed by atoms with Gasteiger partial charge in [-0.1, -0.05) is 6.07 Å². The van der Waals surface area contributed by atoms with Gasteiger partial charge in [0.25, 0.3) is 10.0 Å². The number of aryl methyl sites for hydroxylation is 1. The molecule has 0 unspecified atom stereocenters. The summed E-state index contributed by atoms with van der Waals surface area (Å²) in [6.45, 7) is 1.40. The Morgan fingerprint density at radius 3 is 2.26 bits per heavy atom. The van der Waals surface area contributed by atoms with Gasteiger partial charge in [-0.05, 0) is 42.8 Å². The predicted octanol–water partition coefficient (Wildman–Crippen LogP) is 4.09. The molecule has 0 amide bonds. The Kier molecular flexibility index (Phi) is 4.34. The maximum atomic E-state index is 13.2. The monoisotopic (exact) mass is 351 g/mol. The smallest absolute Gasteiger partial charge is 0.280 e.